The molecule has 0 aliphatic heterocycles. The quantitative estimate of drug-likeness (QED) is 0.285. The lowest BCUT2D eigenvalue weighted by Gasteiger charge is -2.15. The highest BCUT2D eigenvalue weighted by molar-refractivity contribution is 5.76. The molecule has 0 fully saturated rings. The number of carbonyl (C=O) groups excluding carboxylic acids is 2. The number of benzene rings is 1. The Labute approximate surface area is 165 Å². The summed E-state index contributed by atoms with van der Waals surface area (Å²) in [7, 11) is 1.28. The number of ether oxygens (including phenoxy) is 3. The van der Waals surface area contributed by atoms with Crippen molar-refractivity contribution in [1.29, 1.82) is 5.26 Å². The Bertz CT molecular complexity index is 748. The molecule has 1 atom stereocenters. The van der Waals surface area contributed by atoms with Crippen molar-refractivity contribution in [3.8, 4) is 11.8 Å². The zero-order chi connectivity index (χ0) is 21.4. The first-order chi connectivity index (χ1) is 13.5. The van der Waals surface area contributed by atoms with Gasteiger partial charge in [0, 0.05) is 0 Å². The average molecular weight is 386 g/mol. The van der Waals surface area contributed by atoms with Gasteiger partial charge >= 0.3 is 5.97 Å². The van der Waals surface area contributed by atoms with E-state index in [0.29, 0.717) is 29.0 Å². The average Bonchev–Trinajstić information content (AvgIpc) is 2.73. The zero-order valence-electron chi connectivity index (χ0n) is 16.6. The van der Waals surface area contributed by atoms with Gasteiger partial charge in [0.2, 0.25) is 6.41 Å². The molecule has 0 aliphatic rings. The molecule has 0 saturated carbocycles. The second-order valence-corrected chi connectivity index (χ2v) is 4.99. The van der Waals surface area contributed by atoms with E-state index in [4.69, 9.17) is 14.7 Å². The van der Waals surface area contributed by atoms with Gasteiger partial charge in [-0.25, -0.2) is 4.79 Å². The Morgan fingerprint density at radius 2 is 2.11 bits per heavy atom. The van der Waals surface area contributed by atoms with E-state index in [1.807, 2.05) is 19.9 Å². The van der Waals surface area contributed by atoms with Crippen molar-refractivity contribution in [2.24, 2.45) is 0 Å². The van der Waals surface area contributed by atoms with Crippen LogP contribution in [0.15, 0.2) is 54.8 Å². The number of carbonyl (C=O) groups is 2. The summed E-state index contributed by atoms with van der Waals surface area (Å²) in [6.07, 6.45) is 6.36. The molecular formula is C21H26N2O5. The molecule has 0 radical (unpaired) electrons. The summed E-state index contributed by atoms with van der Waals surface area (Å²) in [5, 5.41) is 11.4. The highest BCUT2D eigenvalue weighted by atomic mass is 16.6. The van der Waals surface area contributed by atoms with E-state index in [9.17, 15) is 9.59 Å². The maximum atomic E-state index is 11.3. The minimum absolute atomic E-state index is 0.220. The van der Waals surface area contributed by atoms with Crippen molar-refractivity contribution < 1.29 is 23.8 Å². The summed E-state index contributed by atoms with van der Waals surface area (Å²) < 4.78 is 15.6. The first-order valence-corrected chi connectivity index (χ1v) is 8.61. The normalized spacial score (nSPS) is 11.5. The van der Waals surface area contributed by atoms with Crippen molar-refractivity contribution in [1.82, 2.24) is 0 Å². The molecule has 0 heterocycles. The second kappa shape index (κ2) is 14.8. The van der Waals surface area contributed by atoms with Crippen molar-refractivity contribution in [3.63, 3.8) is 0 Å². The van der Waals surface area contributed by atoms with Crippen LogP contribution in [0.5, 0.6) is 5.75 Å². The Kier molecular flexibility index (Phi) is 13.0. The first kappa shape index (κ1) is 24.6. The summed E-state index contributed by atoms with van der Waals surface area (Å²) in [6.45, 7) is 9.13. The molecule has 0 spiro atoms. The Morgan fingerprint density at radius 1 is 1.39 bits per heavy atom. The fourth-order valence-corrected chi connectivity index (χ4v) is 1.84. The molecule has 0 saturated heterocycles. The van der Waals surface area contributed by atoms with Gasteiger partial charge in [0.15, 0.2) is 0 Å². The largest absolute Gasteiger partial charge is 0.467 e. The van der Waals surface area contributed by atoms with E-state index in [0.717, 1.165) is 0 Å². The van der Waals surface area contributed by atoms with Crippen LogP contribution in [0.2, 0.25) is 0 Å². The van der Waals surface area contributed by atoms with E-state index in [-0.39, 0.29) is 6.61 Å². The van der Waals surface area contributed by atoms with Crippen LogP contribution in [0.1, 0.15) is 26.3 Å². The molecule has 0 aliphatic carbocycles. The van der Waals surface area contributed by atoms with Crippen molar-refractivity contribution in [2.45, 2.75) is 26.9 Å². The number of nitriles is 1. The van der Waals surface area contributed by atoms with Crippen molar-refractivity contribution in [2.75, 3.05) is 19.0 Å². The predicted octanol–water partition coefficient (Wildman–Crippen LogP) is 3.74. The van der Waals surface area contributed by atoms with E-state index in [1.54, 1.807) is 37.3 Å². The maximum Gasteiger partial charge on any atom is 0.331 e. The molecule has 1 aromatic carbocycles. The van der Waals surface area contributed by atoms with Crippen molar-refractivity contribution in [3.05, 3.63) is 60.4 Å². The number of amides is 1. The number of hydrogen-bond acceptors (Lipinski definition) is 6. The highest BCUT2D eigenvalue weighted by Gasteiger charge is 2.12. The molecule has 1 unspecified atom stereocenters. The van der Waals surface area contributed by atoms with Crippen LogP contribution in [-0.4, -0.2) is 32.2 Å². The number of rotatable bonds is 10. The third-order valence-corrected chi connectivity index (χ3v) is 3.17. The maximum absolute atomic E-state index is 11.3. The molecule has 1 N–H and O–H groups in total. The van der Waals surface area contributed by atoms with Gasteiger partial charge in [-0.05, 0) is 30.7 Å². The topological polar surface area (TPSA) is 97.7 Å². The number of allylic oxidation sites excluding steroid dienone is 2. The van der Waals surface area contributed by atoms with Crippen LogP contribution >= 0.6 is 0 Å². The van der Waals surface area contributed by atoms with Crippen LogP contribution in [0.4, 0.5) is 5.69 Å². The van der Waals surface area contributed by atoms with Crippen LogP contribution in [-0.2, 0) is 19.1 Å². The minimum Gasteiger partial charge on any atom is -0.467 e. The van der Waals surface area contributed by atoms with Gasteiger partial charge in [0.1, 0.15) is 18.5 Å². The Hall–Kier alpha value is -3.37. The van der Waals surface area contributed by atoms with Crippen molar-refractivity contribution >= 4 is 18.1 Å². The van der Waals surface area contributed by atoms with Crippen LogP contribution in [0.25, 0.3) is 0 Å². The molecular weight excluding hydrogens is 360 g/mol. The third-order valence-electron chi connectivity index (χ3n) is 3.17. The Balaban J connectivity index is 0.00000352. The van der Waals surface area contributed by atoms with Gasteiger partial charge in [-0.15, -0.1) is 0 Å². The lowest BCUT2D eigenvalue weighted by Crippen LogP contribution is -2.19. The van der Waals surface area contributed by atoms with Gasteiger partial charge in [-0.2, -0.15) is 5.26 Å². The zero-order valence-corrected chi connectivity index (χ0v) is 16.6. The molecule has 1 aromatic rings. The fraction of sp³-hybridized carbons (Fsp3) is 0.286. The van der Waals surface area contributed by atoms with E-state index < -0.39 is 12.1 Å². The van der Waals surface area contributed by atoms with Gasteiger partial charge in [0.05, 0.1) is 30.7 Å². The smallest absolute Gasteiger partial charge is 0.331 e. The molecule has 1 rings (SSSR count). The lowest BCUT2D eigenvalue weighted by atomic mass is 10.1. The molecule has 7 nitrogen and oxygen atoms in total. The third kappa shape index (κ3) is 8.83. The second-order valence-electron chi connectivity index (χ2n) is 4.99. The SMILES string of the molecule is C=CC=CC(OCC(=O)OC)/C(C)=C/Oc1ccc(C#N)cc1NC=O.CC. The van der Waals surface area contributed by atoms with Crippen LogP contribution in [0, 0.1) is 11.3 Å². The first-order valence-electron chi connectivity index (χ1n) is 8.61. The van der Waals surface area contributed by atoms with E-state index in [1.165, 1.54) is 19.4 Å². The summed E-state index contributed by atoms with van der Waals surface area (Å²) >= 11 is 0. The predicted molar refractivity (Wildman–Crippen MR) is 108 cm³/mol. The molecule has 7 heteroatoms. The summed E-state index contributed by atoms with van der Waals surface area (Å²) in [5.74, 6) is -0.143. The molecule has 1 amide bonds. The molecule has 0 bridgehead atoms. The summed E-state index contributed by atoms with van der Waals surface area (Å²) in [5.41, 5.74) is 1.40. The molecule has 150 valence electrons. The summed E-state index contributed by atoms with van der Waals surface area (Å²) in [4.78, 5) is 22.0. The standard InChI is InChI=1S/C19H20N2O5.C2H6/c1-4-5-6-17(26-12-19(23)24-3)14(2)11-25-18-8-7-15(10-20)9-16(18)21-13-22;1-2/h4-9,11,13,17H,1,12H2,2-3H3,(H,21,22);1-2H3/b6-5?,14-11+;. The summed E-state index contributed by atoms with van der Waals surface area (Å²) in [6, 6.07) is 6.61. The van der Waals surface area contributed by atoms with Crippen LogP contribution in [0.3, 0.4) is 0 Å². The van der Waals surface area contributed by atoms with Crippen LogP contribution < -0.4 is 10.1 Å². The van der Waals surface area contributed by atoms with Gasteiger partial charge < -0.3 is 19.5 Å². The monoisotopic (exact) mass is 386 g/mol. The van der Waals surface area contributed by atoms with E-state index in [2.05, 4.69) is 16.6 Å². The number of nitrogens with one attached hydrogen (secondary N) is 1. The van der Waals surface area contributed by atoms with E-state index >= 15 is 0 Å². The molecule has 28 heavy (non-hydrogen) atoms. The number of anilines is 1. The number of nitrogens with zero attached hydrogens (tertiary/aromatic N) is 1. The minimum atomic E-state index is -0.534. The number of methoxy groups -OCH3 is 1. The Morgan fingerprint density at radius 3 is 2.68 bits per heavy atom. The highest BCUT2D eigenvalue weighted by Crippen LogP contribution is 2.26. The van der Waals surface area contributed by atoms with Gasteiger partial charge in [-0.1, -0.05) is 38.7 Å². The van der Waals surface area contributed by atoms with Gasteiger partial charge in [-0.3, -0.25) is 4.79 Å². The van der Waals surface area contributed by atoms with Gasteiger partial charge in [0.25, 0.3) is 0 Å². The lowest BCUT2D eigenvalue weighted by molar-refractivity contribution is -0.146. The number of esters is 1. The number of hydrogen-bond donors (Lipinski definition) is 1. The molecule has 0 aromatic heterocycles. The fourth-order valence-electron chi connectivity index (χ4n) is 1.84.